The lowest BCUT2D eigenvalue weighted by Crippen LogP contribution is -2.12. The molecule has 0 atom stereocenters. The summed E-state index contributed by atoms with van der Waals surface area (Å²) in [5.41, 5.74) is -2.11. The number of methoxy groups -OCH3 is 1. The van der Waals surface area contributed by atoms with Crippen molar-refractivity contribution in [2.75, 3.05) is 13.0 Å². The minimum absolute atomic E-state index is 0.242. The maximum absolute atomic E-state index is 12.7. The van der Waals surface area contributed by atoms with Crippen molar-refractivity contribution in [1.29, 1.82) is 5.26 Å². The summed E-state index contributed by atoms with van der Waals surface area (Å²) in [7, 11) is 1.12. The van der Waals surface area contributed by atoms with Gasteiger partial charge in [-0.15, -0.1) is 11.6 Å². The molecule has 1 rings (SSSR count). The summed E-state index contributed by atoms with van der Waals surface area (Å²) in [4.78, 5) is 11.3. The number of rotatable bonds is 3. The van der Waals surface area contributed by atoms with E-state index in [4.69, 9.17) is 16.9 Å². The van der Waals surface area contributed by atoms with Crippen LogP contribution in [0.3, 0.4) is 0 Å². The second-order valence-corrected chi connectivity index (χ2v) is 3.53. The molecule has 0 aromatic heterocycles. The van der Waals surface area contributed by atoms with E-state index in [2.05, 4.69) is 4.74 Å². The minimum Gasteiger partial charge on any atom is -0.495 e. The normalized spacial score (nSPS) is 10.9. The quantitative estimate of drug-likeness (QED) is 0.630. The van der Waals surface area contributed by atoms with Gasteiger partial charge in [-0.1, -0.05) is 0 Å². The Bertz CT molecular complexity index is 520. The molecule has 7 heteroatoms. The first-order valence-corrected chi connectivity index (χ1v) is 5.17. The molecule has 1 aromatic rings. The van der Waals surface area contributed by atoms with Crippen LogP contribution in [-0.2, 0) is 6.18 Å². The first-order valence-electron chi connectivity index (χ1n) is 4.63. The number of carbonyl (C=O) groups excluding carboxylic acids is 1. The van der Waals surface area contributed by atoms with Crippen LogP contribution in [0.1, 0.15) is 21.5 Å². The third-order valence-corrected chi connectivity index (χ3v) is 2.43. The largest absolute Gasteiger partial charge is 0.495 e. The number of Topliss-reactive ketones (excluding diaryl/α,β-unsaturated/α-hetero) is 1. The molecule has 0 amide bonds. The summed E-state index contributed by atoms with van der Waals surface area (Å²) in [6, 6.07) is 3.09. The highest BCUT2D eigenvalue weighted by molar-refractivity contribution is 6.30. The monoisotopic (exact) mass is 277 g/mol. The van der Waals surface area contributed by atoms with Crippen LogP contribution < -0.4 is 4.74 Å². The Hall–Kier alpha value is -1.74. The molecule has 0 saturated heterocycles. The number of hydrogen-bond acceptors (Lipinski definition) is 3. The summed E-state index contributed by atoms with van der Waals surface area (Å²) in [6.45, 7) is 0. The standard InChI is InChI=1S/C11H7ClF3NO2/c1-18-10-3-6(9(17)4-12)2-8(7(10)5-16)11(13,14)15/h2-3H,4H2,1H3. The summed E-state index contributed by atoms with van der Waals surface area (Å²) in [6.07, 6.45) is -4.75. The molecule has 0 aliphatic rings. The first kappa shape index (κ1) is 14.3. The van der Waals surface area contributed by atoms with Gasteiger partial charge in [0.25, 0.3) is 0 Å². The van der Waals surface area contributed by atoms with E-state index in [9.17, 15) is 18.0 Å². The van der Waals surface area contributed by atoms with E-state index in [-0.39, 0.29) is 11.3 Å². The molecule has 0 unspecified atom stereocenters. The van der Waals surface area contributed by atoms with Crippen molar-refractivity contribution in [3.05, 3.63) is 28.8 Å². The average Bonchev–Trinajstić information content (AvgIpc) is 2.34. The molecule has 1 aromatic carbocycles. The van der Waals surface area contributed by atoms with Crippen LogP contribution in [0.25, 0.3) is 0 Å². The van der Waals surface area contributed by atoms with Gasteiger partial charge in [-0.25, -0.2) is 0 Å². The first-order chi connectivity index (χ1) is 8.35. The Morgan fingerprint density at radius 3 is 2.50 bits per heavy atom. The molecule has 0 aliphatic carbocycles. The van der Waals surface area contributed by atoms with Crippen LogP contribution in [-0.4, -0.2) is 18.8 Å². The molecule has 0 aliphatic heterocycles. The Morgan fingerprint density at radius 1 is 1.50 bits per heavy atom. The van der Waals surface area contributed by atoms with Gasteiger partial charge in [0.15, 0.2) is 5.78 Å². The zero-order valence-corrected chi connectivity index (χ0v) is 9.89. The Labute approximate surface area is 106 Å². The number of nitriles is 1. The van der Waals surface area contributed by atoms with Crippen molar-refractivity contribution >= 4 is 17.4 Å². The molecule has 0 radical (unpaired) electrons. The van der Waals surface area contributed by atoms with E-state index in [0.29, 0.717) is 6.07 Å². The molecule has 18 heavy (non-hydrogen) atoms. The van der Waals surface area contributed by atoms with Gasteiger partial charge in [-0.05, 0) is 12.1 Å². The number of alkyl halides is 4. The molecule has 0 heterocycles. The van der Waals surface area contributed by atoms with Gasteiger partial charge >= 0.3 is 6.18 Å². The topological polar surface area (TPSA) is 50.1 Å². The van der Waals surface area contributed by atoms with Gasteiger partial charge in [0.2, 0.25) is 0 Å². The van der Waals surface area contributed by atoms with Crippen molar-refractivity contribution < 1.29 is 22.7 Å². The van der Waals surface area contributed by atoms with E-state index in [1.807, 2.05) is 0 Å². The molecule has 0 N–H and O–H groups in total. The van der Waals surface area contributed by atoms with Crippen LogP contribution in [0.4, 0.5) is 13.2 Å². The number of ether oxygens (including phenoxy) is 1. The lowest BCUT2D eigenvalue weighted by molar-refractivity contribution is -0.137. The summed E-state index contributed by atoms with van der Waals surface area (Å²) >= 11 is 5.29. The predicted octanol–water partition coefficient (Wildman–Crippen LogP) is 3.01. The molecular weight excluding hydrogens is 271 g/mol. The van der Waals surface area contributed by atoms with E-state index >= 15 is 0 Å². The molecular formula is C11H7ClF3NO2. The molecule has 0 fully saturated rings. The van der Waals surface area contributed by atoms with Crippen molar-refractivity contribution in [1.82, 2.24) is 0 Å². The van der Waals surface area contributed by atoms with Crippen molar-refractivity contribution in [2.24, 2.45) is 0 Å². The summed E-state index contributed by atoms with van der Waals surface area (Å²) < 4.78 is 42.9. The van der Waals surface area contributed by atoms with Crippen molar-refractivity contribution in [2.45, 2.75) is 6.18 Å². The van der Waals surface area contributed by atoms with Crippen LogP contribution in [0.5, 0.6) is 5.75 Å². The highest BCUT2D eigenvalue weighted by Crippen LogP contribution is 2.36. The number of hydrogen-bond donors (Lipinski definition) is 0. The van der Waals surface area contributed by atoms with Gasteiger partial charge in [-0.3, -0.25) is 4.79 Å². The third kappa shape index (κ3) is 2.74. The van der Waals surface area contributed by atoms with Gasteiger partial charge in [-0.2, -0.15) is 18.4 Å². The minimum atomic E-state index is -4.75. The fourth-order valence-corrected chi connectivity index (χ4v) is 1.51. The Balaban J connectivity index is 3.57. The molecule has 96 valence electrons. The fourth-order valence-electron chi connectivity index (χ4n) is 1.35. The molecule has 0 saturated carbocycles. The SMILES string of the molecule is COc1cc(C(=O)CCl)cc(C(F)(F)F)c1C#N. The predicted molar refractivity (Wildman–Crippen MR) is 57.8 cm³/mol. The van der Waals surface area contributed by atoms with Crippen LogP contribution in [0.15, 0.2) is 12.1 Å². The number of halogens is 4. The number of ketones is 1. The van der Waals surface area contributed by atoms with Gasteiger partial charge < -0.3 is 4.74 Å². The molecule has 0 bridgehead atoms. The average molecular weight is 278 g/mol. The summed E-state index contributed by atoms with van der Waals surface area (Å²) in [5.74, 6) is -1.43. The Morgan fingerprint density at radius 2 is 2.11 bits per heavy atom. The van der Waals surface area contributed by atoms with E-state index in [1.165, 1.54) is 6.07 Å². The summed E-state index contributed by atoms with van der Waals surface area (Å²) in [5, 5.41) is 8.74. The second kappa shape index (κ2) is 5.27. The maximum atomic E-state index is 12.7. The van der Waals surface area contributed by atoms with Gasteiger partial charge in [0.05, 0.1) is 18.6 Å². The van der Waals surface area contributed by atoms with Gasteiger partial charge in [0, 0.05) is 5.56 Å². The lowest BCUT2D eigenvalue weighted by Gasteiger charge is -2.13. The van der Waals surface area contributed by atoms with Gasteiger partial charge in [0.1, 0.15) is 17.4 Å². The highest BCUT2D eigenvalue weighted by atomic mass is 35.5. The Kier molecular flexibility index (Phi) is 4.19. The smallest absolute Gasteiger partial charge is 0.417 e. The second-order valence-electron chi connectivity index (χ2n) is 3.27. The zero-order valence-electron chi connectivity index (χ0n) is 9.14. The number of carbonyl (C=O) groups is 1. The van der Waals surface area contributed by atoms with E-state index in [1.54, 1.807) is 0 Å². The van der Waals surface area contributed by atoms with Crippen LogP contribution in [0, 0.1) is 11.3 Å². The van der Waals surface area contributed by atoms with Crippen LogP contribution in [0.2, 0.25) is 0 Å². The van der Waals surface area contributed by atoms with E-state index in [0.717, 1.165) is 13.2 Å². The zero-order chi connectivity index (χ0) is 13.9. The van der Waals surface area contributed by atoms with Crippen molar-refractivity contribution in [3.63, 3.8) is 0 Å². The third-order valence-electron chi connectivity index (χ3n) is 2.18. The van der Waals surface area contributed by atoms with E-state index < -0.39 is 29.0 Å². The fraction of sp³-hybridized carbons (Fsp3) is 0.273. The number of benzene rings is 1. The van der Waals surface area contributed by atoms with Crippen LogP contribution >= 0.6 is 11.6 Å². The molecule has 3 nitrogen and oxygen atoms in total. The lowest BCUT2D eigenvalue weighted by atomic mass is 10.0. The number of nitrogens with zero attached hydrogens (tertiary/aromatic N) is 1. The highest BCUT2D eigenvalue weighted by Gasteiger charge is 2.36. The maximum Gasteiger partial charge on any atom is 0.417 e. The van der Waals surface area contributed by atoms with Crippen molar-refractivity contribution in [3.8, 4) is 11.8 Å². The molecule has 0 spiro atoms.